The Morgan fingerprint density at radius 1 is 1.21 bits per heavy atom. The molecule has 0 bridgehead atoms. The number of benzene rings is 1. The molecule has 0 radical (unpaired) electrons. The van der Waals surface area contributed by atoms with Crippen LogP contribution in [0.4, 0.5) is 4.79 Å². The standard InChI is InChI=1S/C18H25NO5/c1-17(2,3)24-16(22)19-14(13-7-5-4-6-8-13)18(15(20)21)9-11-23-12-10-18/h4-8,14H,9-12H2,1-3H3,(H,19,22)(H,20,21). The van der Waals surface area contributed by atoms with Crippen LogP contribution in [-0.4, -0.2) is 36.0 Å². The SMILES string of the molecule is CC(C)(C)OC(=O)NC(c1ccccc1)C1(C(=O)O)CCOCC1. The van der Waals surface area contributed by atoms with E-state index in [2.05, 4.69) is 5.32 Å². The first-order chi connectivity index (χ1) is 11.2. The summed E-state index contributed by atoms with van der Waals surface area (Å²) in [6.07, 6.45) is 0.0403. The smallest absolute Gasteiger partial charge is 0.408 e. The van der Waals surface area contributed by atoms with Crippen molar-refractivity contribution in [2.24, 2.45) is 5.41 Å². The Labute approximate surface area is 142 Å². The van der Waals surface area contributed by atoms with Crippen molar-refractivity contribution in [3.05, 3.63) is 35.9 Å². The van der Waals surface area contributed by atoms with Gasteiger partial charge in [0.25, 0.3) is 0 Å². The molecule has 1 atom stereocenters. The van der Waals surface area contributed by atoms with Crippen LogP contribution in [0, 0.1) is 5.41 Å². The Kier molecular flexibility index (Phi) is 5.49. The first kappa shape index (κ1) is 18.3. The minimum Gasteiger partial charge on any atom is -0.481 e. The summed E-state index contributed by atoms with van der Waals surface area (Å²) in [5.74, 6) is -0.935. The van der Waals surface area contributed by atoms with Gasteiger partial charge in [0.1, 0.15) is 5.60 Å². The molecule has 1 aliphatic heterocycles. The van der Waals surface area contributed by atoms with Crippen LogP contribution < -0.4 is 5.32 Å². The molecule has 1 aromatic carbocycles. The number of rotatable bonds is 4. The van der Waals surface area contributed by atoms with E-state index in [1.807, 2.05) is 30.3 Å². The molecule has 6 nitrogen and oxygen atoms in total. The monoisotopic (exact) mass is 335 g/mol. The number of aliphatic carboxylic acids is 1. The average Bonchev–Trinajstić information content (AvgIpc) is 2.52. The van der Waals surface area contributed by atoms with Crippen molar-refractivity contribution in [3.63, 3.8) is 0 Å². The largest absolute Gasteiger partial charge is 0.481 e. The molecule has 0 aliphatic carbocycles. The van der Waals surface area contributed by atoms with Gasteiger partial charge in [-0.15, -0.1) is 0 Å². The fourth-order valence-electron chi connectivity index (χ4n) is 2.97. The van der Waals surface area contributed by atoms with Crippen LogP contribution in [0.2, 0.25) is 0 Å². The first-order valence-corrected chi connectivity index (χ1v) is 8.10. The predicted molar refractivity (Wildman–Crippen MR) is 88.7 cm³/mol. The van der Waals surface area contributed by atoms with Crippen LogP contribution in [0.25, 0.3) is 0 Å². The number of carbonyl (C=O) groups is 2. The highest BCUT2D eigenvalue weighted by atomic mass is 16.6. The van der Waals surface area contributed by atoms with E-state index in [4.69, 9.17) is 9.47 Å². The van der Waals surface area contributed by atoms with Crippen molar-refractivity contribution in [3.8, 4) is 0 Å². The molecule has 132 valence electrons. The van der Waals surface area contributed by atoms with Gasteiger partial charge in [0, 0.05) is 13.2 Å². The average molecular weight is 335 g/mol. The van der Waals surface area contributed by atoms with Crippen LogP contribution in [0.5, 0.6) is 0 Å². The molecular formula is C18H25NO5. The van der Waals surface area contributed by atoms with Gasteiger partial charge >= 0.3 is 12.1 Å². The van der Waals surface area contributed by atoms with Gasteiger partial charge in [-0.25, -0.2) is 4.79 Å². The van der Waals surface area contributed by atoms with Gasteiger partial charge in [0.15, 0.2) is 0 Å². The van der Waals surface area contributed by atoms with E-state index in [-0.39, 0.29) is 0 Å². The minimum atomic E-state index is -1.11. The summed E-state index contributed by atoms with van der Waals surface area (Å²) in [5, 5.41) is 12.7. The summed E-state index contributed by atoms with van der Waals surface area (Å²) in [5.41, 5.74) is -1.03. The van der Waals surface area contributed by atoms with Crippen molar-refractivity contribution >= 4 is 12.1 Å². The summed E-state index contributed by atoms with van der Waals surface area (Å²) >= 11 is 0. The Balaban J connectivity index is 2.35. The van der Waals surface area contributed by atoms with Crippen molar-refractivity contribution in [1.29, 1.82) is 0 Å². The molecule has 1 unspecified atom stereocenters. The van der Waals surface area contributed by atoms with Crippen molar-refractivity contribution < 1.29 is 24.2 Å². The molecule has 0 aromatic heterocycles. The number of nitrogens with one attached hydrogen (secondary N) is 1. The lowest BCUT2D eigenvalue weighted by molar-refractivity contribution is -0.158. The minimum absolute atomic E-state index is 0.331. The second-order valence-electron chi connectivity index (χ2n) is 7.06. The molecule has 24 heavy (non-hydrogen) atoms. The van der Waals surface area contributed by atoms with Crippen molar-refractivity contribution in [2.75, 3.05) is 13.2 Å². The molecular weight excluding hydrogens is 310 g/mol. The molecule has 0 spiro atoms. The van der Waals surface area contributed by atoms with Crippen molar-refractivity contribution in [1.82, 2.24) is 5.32 Å². The molecule has 1 aliphatic rings. The Morgan fingerprint density at radius 3 is 2.29 bits per heavy atom. The molecule has 2 N–H and O–H groups in total. The number of carbonyl (C=O) groups excluding carboxylic acids is 1. The van der Waals surface area contributed by atoms with Crippen LogP contribution in [0.15, 0.2) is 30.3 Å². The zero-order valence-electron chi connectivity index (χ0n) is 14.4. The molecule has 1 aromatic rings. The van der Waals surface area contributed by atoms with E-state index < -0.39 is 29.1 Å². The van der Waals surface area contributed by atoms with Crippen LogP contribution in [-0.2, 0) is 14.3 Å². The van der Waals surface area contributed by atoms with Crippen LogP contribution >= 0.6 is 0 Å². The maximum atomic E-state index is 12.3. The third-order valence-electron chi connectivity index (χ3n) is 4.16. The highest BCUT2D eigenvalue weighted by Crippen LogP contribution is 2.43. The summed E-state index contributed by atoms with van der Waals surface area (Å²) in [7, 11) is 0. The molecule has 6 heteroatoms. The van der Waals surface area contributed by atoms with Gasteiger partial charge in [-0.3, -0.25) is 4.79 Å². The van der Waals surface area contributed by atoms with Gasteiger partial charge < -0.3 is 19.9 Å². The third kappa shape index (κ3) is 4.26. The Hall–Kier alpha value is -2.08. The normalized spacial score (nSPS) is 18.5. The van der Waals surface area contributed by atoms with E-state index in [9.17, 15) is 14.7 Å². The lowest BCUT2D eigenvalue weighted by Gasteiger charge is -2.40. The lowest BCUT2D eigenvalue weighted by Crippen LogP contribution is -2.49. The topological polar surface area (TPSA) is 84.9 Å². The van der Waals surface area contributed by atoms with Gasteiger partial charge in [-0.05, 0) is 39.2 Å². The highest BCUT2D eigenvalue weighted by molar-refractivity contribution is 5.78. The van der Waals surface area contributed by atoms with Crippen molar-refractivity contribution in [2.45, 2.75) is 45.3 Å². The van der Waals surface area contributed by atoms with E-state index in [1.165, 1.54) is 0 Å². The lowest BCUT2D eigenvalue weighted by atomic mass is 9.71. The Morgan fingerprint density at radius 2 is 1.79 bits per heavy atom. The van der Waals surface area contributed by atoms with Crippen LogP contribution in [0.3, 0.4) is 0 Å². The number of carboxylic acid groups (broad SMARTS) is 1. The first-order valence-electron chi connectivity index (χ1n) is 8.10. The van der Waals surface area contributed by atoms with E-state index in [0.29, 0.717) is 26.1 Å². The zero-order chi connectivity index (χ0) is 17.8. The number of amides is 1. The van der Waals surface area contributed by atoms with E-state index in [1.54, 1.807) is 20.8 Å². The maximum Gasteiger partial charge on any atom is 0.408 e. The van der Waals surface area contributed by atoms with Gasteiger partial charge in [0.2, 0.25) is 0 Å². The van der Waals surface area contributed by atoms with E-state index in [0.717, 1.165) is 5.56 Å². The highest BCUT2D eigenvalue weighted by Gasteiger charge is 2.48. The maximum absolute atomic E-state index is 12.3. The number of hydrogen-bond donors (Lipinski definition) is 2. The fraction of sp³-hybridized carbons (Fsp3) is 0.556. The quantitative estimate of drug-likeness (QED) is 0.883. The number of hydrogen-bond acceptors (Lipinski definition) is 4. The molecule has 0 saturated carbocycles. The van der Waals surface area contributed by atoms with E-state index >= 15 is 0 Å². The summed E-state index contributed by atoms with van der Waals surface area (Å²) in [4.78, 5) is 24.4. The molecule has 2 rings (SSSR count). The molecule has 1 fully saturated rings. The van der Waals surface area contributed by atoms with Gasteiger partial charge in [0.05, 0.1) is 11.5 Å². The molecule has 1 amide bonds. The number of carboxylic acids is 1. The summed E-state index contributed by atoms with van der Waals surface area (Å²) in [6, 6.07) is 8.47. The van der Waals surface area contributed by atoms with Crippen LogP contribution in [0.1, 0.15) is 45.2 Å². The second kappa shape index (κ2) is 7.21. The molecule has 1 saturated heterocycles. The van der Waals surface area contributed by atoms with Gasteiger partial charge in [-0.2, -0.15) is 0 Å². The summed E-state index contributed by atoms with van der Waals surface area (Å²) < 4.78 is 10.7. The fourth-order valence-corrected chi connectivity index (χ4v) is 2.97. The number of ether oxygens (including phenoxy) is 2. The zero-order valence-corrected chi connectivity index (χ0v) is 14.4. The second-order valence-corrected chi connectivity index (χ2v) is 7.06. The predicted octanol–water partition coefficient (Wildman–Crippen LogP) is 3.13. The summed E-state index contributed by atoms with van der Waals surface area (Å²) in [6.45, 7) is 6.01. The Bertz CT molecular complexity index is 573. The molecule has 1 heterocycles. The van der Waals surface area contributed by atoms with Gasteiger partial charge in [-0.1, -0.05) is 30.3 Å². The number of alkyl carbamates (subject to hydrolysis) is 1. The third-order valence-corrected chi connectivity index (χ3v) is 4.16.